The Hall–Kier alpha value is -1.14. The molecule has 0 aliphatic carbocycles. The van der Waals surface area contributed by atoms with Crippen molar-refractivity contribution in [2.24, 2.45) is 0 Å². The van der Waals surface area contributed by atoms with E-state index >= 15 is 0 Å². The van der Waals surface area contributed by atoms with Gasteiger partial charge in [0.2, 0.25) is 0 Å². The van der Waals surface area contributed by atoms with Crippen LogP contribution in [0.2, 0.25) is 0 Å². The molecule has 3 rings (SSSR count). The molecule has 5 nitrogen and oxygen atoms in total. The molecule has 0 aromatic carbocycles. The Morgan fingerprint density at radius 1 is 1.48 bits per heavy atom. The van der Waals surface area contributed by atoms with E-state index in [0.717, 1.165) is 31.6 Å². The highest BCUT2D eigenvalue weighted by atomic mass is 32.1. The van der Waals surface area contributed by atoms with Gasteiger partial charge in [0.15, 0.2) is 0 Å². The van der Waals surface area contributed by atoms with E-state index in [-0.39, 0.29) is 6.09 Å². The van der Waals surface area contributed by atoms with Crippen LogP contribution in [0.5, 0.6) is 0 Å². The van der Waals surface area contributed by atoms with Crippen molar-refractivity contribution in [1.29, 1.82) is 0 Å². The highest BCUT2D eigenvalue weighted by Crippen LogP contribution is 2.28. The monoisotopic (exact) mass is 338 g/mol. The second-order valence-electron chi connectivity index (χ2n) is 7.30. The quantitative estimate of drug-likeness (QED) is 0.846. The van der Waals surface area contributed by atoms with Crippen molar-refractivity contribution < 1.29 is 14.3 Å². The third-order valence-corrected chi connectivity index (χ3v) is 5.27. The summed E-state index contributed by atoms with van der Waals surface area (Å²) in [7, 11) is 0. The topological polar surface area (TPSA) is 51.7 Å². The Balaban J connectivity index is 1.57. The van der Waals surface area contributed by atoms with Crippen LogP contribution < -0.4 is 0 Å². The van der Waals surface area contributed by atoms with Crippen LogP contribution >= 0.6 is 11.3 Å². The van der Waals surface area contributed by atoms with E-state index in [9.17, 15) is 4.79 Å². The number of hydrogen-bond donors (Lipinski definition) is 0. The zero-order valence-corrected chi connectivity index (χ0v) is 15.1. The van der Waals surface area contributed by atoms with E-state index in [1.54, 1.807) is 16.2 Å². The molecule has 0 N–H and O–H groups in total. The number of fused-ring (bicyclic) bond motifs is 1. The number of aryl methyl sites for hydroxylation is 1. The standard InChI is InChI=1S/C17H26N2O3S/c1-17(2,3)22-16(20)19-9-8-13-14(11-19)23-15(18-13)7-6-12-5-4-10-21-12/h12H,4-11H2,1-3H3. The molecular weight excluding hydrogens is 312 g/mol. The summed E-state index contributed by atoms with van der Waals surface area (Å²) in [6, 6.07) is 0. The lowest BCUT2D eigenvalue weighted by atomic mass is 10.1. The maximum atomic E-state index is 12.2. The lowest BCUT2D eigenvalue weighted by Crippen LogP contribution is -2.39. The first kappa shape index (κ1) is 16.7. The molecule has 1 aromatic heterocycles. The van der Waals surface area contributed by atoms with Gasteiger partial charge in [-0.25, -0.2) is 9.78 Å². The summed E-state index contributed by atoms with van der Waals surface area (Å²) in [6.07, 6.45) is 5.41. The fraction of sp³-hybridized carbons (Fsp3) is 0.765. The summed E-state index contributed by atoms with van der Waals surface area (Å²) in [6.45, 7) is 7.92. The zero-order valence-electron chi connectivity index (χ0n) is 14.3. The van der Waals surface area contributed by atoms with Crippen molar-refractivity contribution >= 4 is 17.4 Å². The number of carbonyl (C=O) groups is 1. The molecule has 128 valence electrons. The van der Waals surface area contributed by atoms with Gasteiger partial charge in [-0.1, -0.05) is 0 Å². The fourth-order valence-corrected chi connectivity index (χ4v) is 4.14. The van der Waals surface area contributed by atoms with Gasteiger partial charge >= 0.3 is 6.09 Å². The molecule has 3 heterocycles. The second-order valence-corrected chi connectivity index (χ2v) is 8.47. The average Bonchev–Trinajstić information content (AvgIpc) is 3.11. The van der Waals surface area contributed by atoms with Gasteiger partial charge in [-0.3, -0.25) is 0 Å². The molecule has 1 unspecified atom stereocenters. The lowest BCUT2D eigenvalue weighted by Gasteiger charge is -2.29. The van der Waals surface area contributed by atoms with Crippen molar-refractivity contribution in [1.82, 2.24) is 9.88 Å². The van der Waals surface area contributed by atoms with E-state index in [1.165, 1.54) is 22.7 Å². The van der Waals surface area contributed by atoms with E-state index in [2.05, 4.69) is 0 Å². The average molecular weight is 338 g/mol. The predicted octanol–water partition coefficient (Wildman–Crippen LogP) is 3.55. The van der Waals surface area contributed by atoms with Crippen molar-refractivity contribution in [2.45, 2.75) is 71.1 Å². The van der Waals surface area contributed by atoms with Crippen molar-refractivity contribution in [2.75, 3.05) is 13.2 Å². The molecule has 6 heteroatoms. The SMILES string of the molecule is CC(C)(C)OC(=O)N1CCc2nc(CCC3CCCO3)sc2C1. The Morgan fingerprint density at radius 3 is 3.00 bits per heavy atom. The van der Waals surface area contributed by atoms with Gasteiger partial charge in [-0.2, -0.15) is 0 Å². The van der Waals surface area contributed by atoms with Gasteiger partial charge in [0.25, 0.3) is 0 Å². The molecule has 1 amide bonds. The van der Waals surface area contributed by atoms with Gasteiger partial charge < -0.3 is 14.4 Å². The number of aromatic nitrogens is 1. The van der Waals surface area contributed by atoms with E-state index < -0.39 is 5.60 Å². The Bertz CT molecular complexity index is 559. The smallest absolute Gasteiger partial charge is 0.410 e. The van der Waals surface area contributed by atoms with Gasteiger partial charge in [0.05, 0.1) is 23.4 Å². The summed E-state index contributed by atoms with van der Waals surface area (Å²) in [5.74, 6) is 0. The number of ether oxygens (including phenoxy) is 2. The molecule has 0 radical (unpaired) electrons. The highest BCUT2D eigenvalue weighted by Gasteiger charge is 2.28. The van der Waals surface area contributed by atoms with Crippen LogP contribution in [0.3, 0.4) is 0 Å². The third-order valence-electron chi connectivity index (χ3n) is 4.13. The molecule has 23 heavy (non-hydrogen) atoms. The number of thiazole rings is 1. The van der Waals surface area contributed by atoms with Crippen molar-refractivity contribution in [3.63, 3.8) is 0 Å². The molecule has 1 saturated heterocycles. The van der Waals surface area contributed by atoms with Crippen LogP contribution in [0, 0.1) is 0 Å². The molecule has 2 aliphatic rings. The molecule has 1 atom stereocenters. The molecule has 0 spiro atoms. The van der Waals surface area contributed by atoms with E-state index in [4.69, 9.17) is 14.5 Å². The van der Waals surface area contributed by atoms with Crippen molar-refractivity contribution in [3.05, 3.63) is 15.6 Å². The maximum absolute atomic E-state index is 12.2. The normalized spacial score (nSPS) is 21.3. The van der Waals surface area contributed by atoms with E-state index in [0.29, 0.717) is 19.2 Å². The van der Waals surface area contributed by atoms with Gasteiger partial charge in [-0.15, -0.1) is 11.3 Å². The van der Waals surface area contributed by atoms with Crippen molar-refractivity contribution in [3.8, 4) is 0 Å². The highest BCUT2D eigenvalue weighted by molar-refractivity contribution is 7.11. The van der Waals surface area contributed by atoms with Crippen LogP contribution in [0.15, 0.2) is 0 Å². The Morgan fingerprint density at radius 2 is 2.30 bits per heavy atom. The Labute approximate surface area is 142 Å². The summed E-state index contributed by atoms with van der Waals surface area (Å²) in [5.41, 5.74) is 0.717. The first-order valence-corrected chi connectivity index (χ1v) is 9.29. The minimum absolute atomic E-state index is 0.225. The Kier molecular flexibility index (Phi) is 4.92. The van der Waals surface area contributed by atoms with Gasteiger partial charge in [0, 0.05) is 30.9 Å². The lowest BCUT2D eigenvalue weighted by molar-refractivity contribution is 0.0225. The molecule has 0 saturated carbocycles. The number of hydrogen-bond acceptors (Lipinski definition) is 5. The summed E-state index contributed by atoms with van der Waals surface area (Å²) in [5, 5.41) is 1.18. The first-order chi connectivity index (χ1) is 10.9. The molecule has 2 aliphatic heterocycles. The predicted molar refractivity (Wildman–Crippen MR) is 89.8 cm³/mol. The molecule has 1 aromatic rings. The molecule has 1 fully saturated rings. The van der Waals surface area contributed by atoms with Crippen LogP contribution in [-0.2, 0) is 28.9 Å². The number of amides is 1. The number of rotatable bonds is 3. The summed E-state index contributed by atoms with van der Waals surface area (Å²) >= 11 is 1.74. The second kappa shape index (κ2) is 6.77. The van der Waals surface area contributed by atoms with Crippen LogP contribution in [-0.4, -0.2) is 40.8 Å². The maximum Gasteiger partial charge on any atom is 0.410 e. The largest absolute Gasteiger partial charge is 0.444 e. The van der Waals surface area contributed by atoms with Gasteiger partial charge in [-0.05, 0) is 40.0 Å². The van der Waals surface area contributed by atoms with Crippen LogP contribution in [0.25, 0.3) is 0 Å². The minimum Gasteiger partial charge on any atom is -0.444 e. The molecule has 0 bridgehead atoms. The molecular formula is C17H26N2O3S. The minimum atomic E-state index is -0.447. The summed E-state index contributed by atoms with van der Waals surface area (Å²) in [4.78, 5) is 20.0. The third kappa shape index (κ3) is 4.44. The first-order valence-electron chi connectivity index (χ1n) is 8.48. The van der Waals surface area contributed by atoms with Gasteiger partial charge in [0.1, 0.15) is 5.60 Å². The zero-order chi connectivity index (χ0) is 16.4. The van der Waals surface area contributed by atoms with Crippen LogP contribution in [0.1, 0.15) is 55.6 Å². The number of carbonyl (C=O) groups excluding carboxylic acids is 1. The fourth-order valence-electron chi connectivity index (χ4n) is 2.99. The number of nitrogens with zero attached hydrogens (tertiary/aromatic N) is 2. The summed E-state index contributed by atoms with van der Waals surface area (Å²) < 4.78 is 11.1. The van der Waals surface area contributed by atoms with Crippen LogP contribution in [0.4, 0.5) is 4.79 Å². The van der Waals surface area contributed by atoms with E-state index in [1.807, 2.05) is 20.8 Å².